The monoisotopic (exact) mass is 309 g/mol. The Bertz CT molecular complexity index is 772. The van der Waals surface area contributed by atoms with Gasteiger partial charge in [0.15, 0.2) is 11.5 Å². The molecule has 116 valence electrons. The van der Waals surface area contributed by atoms with Crippen LogP contribution in [0, 0.1) is 5.92 Å². The number of hydrogen-bond donors (Lipinski definition) is 0. The molecular formula is C18H15NO4. The molecule has 1 unspecified atom stereocenters. The van der Waals surface area contributed by atoms with Crippen LogP contribution in [-0.4, -0.2) is 18.6 Å². The number of carbonyl (C=O) groups excluding carboxylic acids is 2. The maximum absolute atomic E-state index is 12.6. The summed E-state index contributed by atoms with van der Waals surface area (Å²) in [7, 11) is 0. The molecule has 0 N–H and O–H groups in total. The fourth-order valence-electron chi connectivity index (χ4n) is 3.06. The Morgan fingerprint density at radius 3 is 2.61 bits per heavy atom. The van der Waals surface area contributed by atoms with Crippen LogP contribution < -0.4 is 14.4 Å². The minimum absolute atomic E-state index is 0.140. The van der Waals surface area contributed by atoms with Crippen LogP contribution in [0.5, 0.6) is 11.5 Å². The Balaban J connectivity index is 1.54. The van der Waals surface area contributed by atoms with Crippen molar-refractivity contribution in [2.24, 2.45) is 5.92 Å². The first kappa shape index (κ1) is 13.8. The number of ether oxygens (including phenoxy) is 2. The second kappa shape index (κ2) is 5.43. The van der Waals surface area contributed by atoms with Gasteiger partial charge in [-0.25, -0.2) is 0 Å². The largest absolute Gasteiger partial charge is 0.454 e. The predicted molar refractivity (Wildman–Crippen MR) is 83.3 cm³/mol. The summed E-state index contributed by atoms with van der Waals surface area (Å²) in [6.45, 7) is 0.224. The molecule has 2 aromatic carbocycles. The van der Waals surface area contributed by atoms with Gasteiger partial charge in [0.1, 0.15) is 0 Å². The van der Waals surface area contributed by atoms with Crippen LogP contribution in [0.15, 0.2) is 48.5 Å². The van der Waals surface area contributed by atoms with E-state index in [0.717, 1.165) is 5.56 Å². The van der Waals surface area contributed by atoms with E-state index in [0.29, 0.717) is 23.6 Å². The first-order valence-corrected chi connectivity index (χ1v) is 7.53. The molecule has 1 saturated heterocycles. The summed E-state index contributed by atoms with van der Waals surface area (Å²) in [5, 5.41) is 0. The van der Waals surface area contributed by atoms with Crippen molar-refractivity contribution in [2.75, 3.05) is 11.7 Å². The number of rotatable bonds is 3. The van der Waals surface area contributed by atoms with E-state index in [1.165, 1.54) is 4.90 Å². The van der Waals surface area contributed by atoms with Crippen molar-refractivity contribution in [1.82, 2.24) is 0 Å². The second-order valence-corrected chi connectivity index (χ2v) is 5.70. The van der Waals surface area contributed by atoms with Gasteiger partial charge in [0.2, 0.25) is 18.6 Å². The maximum Gasteiger partial charge on any atom is 0.237 e. The minimum Gasteiger partial charge on any atom is -0.454 e. The predicted octanol–water partition coefficient (Wildman–Crippen LogP) is 2.54. The number of nitrogens with zero attached hydrogens (tertiary/aromatic N) is 1. The van der Waals surface area contributed by atoms with Crippen molar-refractivity contribution < 1.29 is 19.1 Å². The Morgan fingerprint density at radius 2 is 1.78 bits per heavy atom. The molecule has 2 aliphatic heterocycles. The topological polar surface area (TPSA) is 55.8 Å². The van der Waals surface area contributed by atoms with Gasteiger partial charge >= 0.3 is 0 Å². The lowest BCUT2D eigenvalue weighted by molar-refractivity contribution is -0.122. The maximum atomic E-state index is 12.6. The van der Waals surface area contributed by atoms with Crippen LogP contribution in [0.3, 0.4) is 0 Å². The van der Waals surface area contributed by atoms with Crippen molar-refractivity contribution in [2.45, 2.75) is 12.8 Å². The summed E-state index contributed by atoms with van der Waals surface area (Å²) in [6.07, 6.45) is 0.757. The highest BCUT2D eigenvalue weighted by atomic mass is 16.7. The molecule has 2 amide bonds. The number of benzene rings is 2. The van der Waals surface area contributed by atoms with Crippen LogP contribution in [0.25, 0.3) is 0 Å². The number of para-hydroxylation sites is 1. The summed E-state index contributed by atoms with van der Waals surface area (Å²) < 4.78 is 10.6. The zero-order valence-corrected chi connectivity index (χ0v) is 12.4. The van der Waals surface area contributed by atoms with Crippen LogP contribution in [-0.2, 0) is 16.0 Å². The molecule has 0 bridgehead atoms. The van der Waals surface area contributed by atoms with E-state index >= 15 is 0 Å². The first-order chi connectivity index (χ1) is 11.2. The molecule has 0 aromatic heterocycles. The second-order valence-electron chi connectivity index (χ2n) is 5.70. The summed E-state index contributed by atoms with van der Waals surface area (Å²) in [5.74, 6) is 0.793. The van der Waals surface area contributed by atoms with Gasteiger partial charge in [0, 0.05) is 6.42 Å². The van der Waals surface area contributed by atoms with E-state index in [9.17, 15) is 9.59 Å². The molecular weight excluding hydrogens is 294 g/mol. The van der Waals surface area contributed by atoms with Crippen molar-refractivity contribution in [3.8, 4) is 11.5 Å². The van der Waals surface area contributed by atoms with Crippen molar-refractivity contribution in [3.05, 3.63) is 54.1 Å². The normalized spacial score (nSPS) is 19.5. The lowest BCUT2D eigenvalue weighted by Crippen LogP contribution is -2.30. The summed E-state index contributed by atoms with van der Waals surface area (Å²) in [4.78, 5) is 26.1. The van der Waals surface area contributed by atoms with Gasteiger partial charge in [0.05, 0.1) is 11.6 Å². The highest BCUT2D eigenvalue weighted by molar-refractivity contribution is 6.20. The number of carbonyl (C=O) groups is 2. The number of imide groups is 1. The molecule has 2 heterocycles. The van der Waals surface area contributed by atoms with Crippen molar-refractivity contribution in [1.29, 1.82) is 0 Å². The van der Waals surface area contributed by atoms with Gasteiger partial charge in [-0.2, -0.15) is 0 Å². The minimum atomic E-state index is -0.330. The highest BCUT2D eigenvalue weighted by Crippen LogP contribution is 2.34. The van der Waals surface area contributed by atoms with E-state index in [1.54, 1.807) is 12.1 Å². The van der Waals surface area contributed by atoms with Gasteiger partial charge in [-0.1, -0.05) is 24.3 Å². The fourth-order valence-corrected chi connectivity index (χ4v) is 3.06. The van der Waals surface area contributed by atoms with Gasteiger partial charge in [-0.3, -0.25) is 14.5 Å². The van der Waals surface area contributed by atoms with E-state index in [4.69, 9.17) is 9.47 Å². The van der Waals surface area contributed by atoms with E-state index < -0.39 is 0 Å². The Kier molecular flexibility index (Phi) is 3.26. The number of hydrogen-bond acceptors (Lipinski definition) is 4. The number of amides is 2. The lowest BCUT2D eigenvalue weighted by Gasteiger charge is -2.15. The molecule has 1 fully saturated rings. The third kappa shape index (κ3) is 2.44. The molecule has 2 aromatic rings. The average Bonchev–Trinajstić information content (AvgIpc) is 3.13. The fraction of sp³-hybridized carbons (Fsp3) is 0.222. The average molecular weight is 309 g/mol. The lowest BCUT2D eigenvalue weighted by atomic mass is 9.97. The first-order valence-electron chi connectivity index (χ1n) is 7.53. The summed E-state index contributed by atoms with van der Waals surface area (Å²) in [5.41, 5.74) is 1.60. The molecule has 2 aliphatic rings. The standard InChI is InChI=1S/C18H15NO4/c20-17-10-13(18(21)19(17)14-4-2-1-3-5-14)8-12-6-7-15-16(9-12)23-11-22-15/h1-7,9,13H,8,10-11H2. The molecule has 1 atom stereocenters. The quantitative estimate of drug-likeness (QED) is 0.818. The molecule has 23 heavy (non-hydrogen) atoms. The molecule has 5 heteroatoms. The Hall–Kier alpha value is -2.82. The highest BCUT2D eigenvalue weighted by Gasteiger charge is 2.39. The van der Waals surface area contributed by atoms with E-state index in [2.05, 4.69) is 0 Å². The van der Waals surface area contributed by atoms with Gasteiger partial charge < -0.3 is 9.47 Å². The zero-order valence-electron chi connectivity index (χ0n) is 12.4. The smallest absolute Gasteiger partial charge is 0.237 e. The van der Waals surface area contributed by atoms with Crippen LogP contribution in [0.2, 0.25) is 0 Å². The zero-order chi connectivity index (χ0) is 15.8. The Labute approximate surface area is 133 Å². The third-order valence-electron chi connectivity index (χ3n) is 4.17. The molecule has 0 aliphatic carbocycles. The van der Waals surface area contributed by atoms with E-state index in [-0.39, 0.29) is 30.9 Å². The van der Waals surface area contributed by atoms with Crippen LogP contribution in [0.4, 0.5) is 5.69 Å². The van der Waals surface area contributed by atoms with Gasteiger partial charge in [-0.15, -0.1) is 0 Å². The number of fused-ring (bicyclic) bond motifs is 1. The van der Waals surface area contributed by atoms with Gasteiger partial charge in [0.25, 0.3) is 0 Å². The number of anilines is 1. The molecule has 0 spiro atoms. The Morgan fingerprint density at radius 1 is 1.00 bits per heavy atom. The summed E-state index contributed by atoms with van der Waals surface area (Å²) >= 11 is 0. The van der Waals surface area contributed by atoms with Crippen LogP contribution >= 0.6 is 0 Å². The molecule has 0 saturated carbocycles. The van der Waals surface area contributed by atoms with Crippen molar-refractivity contribution in [3.63, 3.8) is 0 Å². The summed E-state index contributed by atoms with van der Waals surface area (Å²) in [6, 6.07) is 14.7. The van der Waals surface area contributed by atoms with E-state index in [1.807, 2.05) is 36.4 Å². The molecule has 4 rings (SSSR count). The van der Waals surface area contributed by atoms with Crippen LogP contribution in [0.1, 0.15) is 12.0 Å². The third-order valence-corrected chi connectivity index (χ3v) is 4.17. The van der Waals surface area contributed by atoms with Gasteiger partial charge in [-0.05, 0) is 36.2 Å². The SMILES string of the molecule is O=C1CC(Cc2ccc3c(c2)OCO3)C(=O)N1c1ccccc1. The molecule has 5 nitrogen and oxygen atoms in total. The van der Waals surface area contributed by atoms with Crippen molar-refractivity contribution >= 4 is 17.5 Å². The molecule has 0 radical (unpaired) electrons.